The number of hydrogen-bond donors (Lipinski definition) is 3. The average Bonchev–Trinajstić information content (AvgIpc) is 2.96. The first-order valence-corrected chi connectivity index (χ1v) is 7.75. The third-order valence-corrected chi connectivity index (χ3v) is 3.52. The standard InChI is InChI=1S/C17H22N4O3/c1-11(2)15(16(22)19-14-9-18-21-12(14)3)20-17(23)24-10-13-7-5-4-6-8-13/h4-9,11,15H,10H2,1-3H3,(H,18,21)(H,19,22)(H,20,23)/t15-/m0/s1. The first-order chi connectivity index (χ1) is 11.5. The second-order valence-corrected chi connectivity index (χ2v) is 5.83. The maximum atomic E-state index is 12.4. The Morgan fingerprint density at radius 3 is 2.54 bits per heavy atom. The molecule has 0 saturated carbocycles. The quantitative estimate of drug-likeness (QED) is 0.758. The molecule has 1 aromatic heterocycles. The van der Waals surface area contributed by atoms with E-state index >= 15 is 0 Å². The minimum Gasteiger partial charge on any atom is -0.445 e. The van der Waals surface area contributed by atoms with Crippen LogP contribution in [0.3, 0.4) is 0 Å². The van der Waals surface area contributed by atoms with Crippen molar-refractivity contribution < 1.29 is 14.3 Å². The Bertz CT molecular complexity index is 682. The molecule has 0 aliphatic carbocycles. The Morgan fingerprint density at radius 1 is 1.25 bits per heavy atom. The number of rotatable bonds is 6. The van der Waals surface area contributed by atoms with Gasteiger partial charge < -0.3 is 15.4 Å². The summed E-state index contributed by atoms with van der Waals surface area (Å²) in [5.74, 6) is -0.410. The van der Waals surface area contributed by atoms with Crippen LogP contribution in [0.5, 0.6) is 0 Å². The molecule has 1 aromatic carbocycles. The molecule has 2 rings (SSSR count). The Hall–Kier alpha value is -2.83. The van der Waals surface area contributed by atoms with Gasteiger partial charge in [-0.15, -0.1) is 0 Å². The van der Waals surface area contributed by atoms with Gasteiger partial charge in [-0.05, 0) is 18.4 Å². The Morgan fingerprint density at radius 2 is 1.96 bits per heavy atom. The summed E-state index contributed by atoms with van der Waals surface area (Å²) < 4.78 is 5.17. The maximum absolute atomic E-state index is 12.4. The number of carbonyl (C=O) groups excluding carboxylic acids is 2. The molecule has 1 heterocycles. The van der Waals surface area contributed by atoms with Crippen molar-refractivity contribution in [3.63, 3.8) is 0 Å². The summed E-state index contributed by atoms with van der Waals surface area (Å²) in [6.07, 6.45) is 0.898. The smallest absolute Gasteiger partial charge is 0.408 e. The van der Waals surface area contributed by atoms with Crippen molar-refractivity contribution in [2.75, 3.05) is 5.32 Å². The van der Waals surface area contributed by atoms with Crippen LogP contribution < -0.4 is 10.6 Å². The molecule has 128 valence electrons. The van der Waals surface area contributed by atoms with E-state index in [1.807, 2.05) is 44.2 Å². The van der Waals surface area contributed by atoms with E-state index in [1.54, 1.807) is 6.92 Å². The Kier molecular flexibility index (Phi) is 5.95. The lowest BCUT2D eigenvalue weighted by Crippen LogP contribution is -2.47. The number of aryl methyl sites for hydroxylation is 1. The van der Waals surface area contributed by atoms with Gasteiger partial charge in [0.25, 0.3) is 0 Å². The van der Waals surface area contributed by atoms with E-state index in [0.717, 1.165) is 11.3 Å². The normalized spacial score (nSPS) is 11.8. The zero-order chi connectivity index (χ0) is 17.5. The van der Waals surface area contributed by atoms with Crippen molar-refractivity contribution in [1.29, 1.82) is 0 Å². The molecule has 3 N–H and O–H groups in total. The van der Waals surface area contributed by atoms with E-state index in [-0.39, 0.29) is 18.4 Å². The van der Waals surface area contributed by atoms with Crippen LogP contribution >= 0.6 is 0 Å². The monoisotopic (exact) mass is 330 g/mol. The summed E-state index contributed by atoms with van der Waals surface area (Å²) in [5.41, 5.74) is 2.22. The van der Waals surface area contributed by atoms with Crippen molar-refractivity contribution in [2.24, 2.45) is 5.92 Å². The number of nitrogens with zero attached hydrogens (tertiary/aromatic N) is 1. The Labute approximate surface area is 140 Å². The lowest BCUT2D eigenvalue weighted by Gasteiger charge is -2.21. The predicted molar refractivity (Wildman–Crippen MR) is 90.3 cm³/mol. The summed E-state index contributed by atoms with van der Waals surface area (Å²) >= 11 is 0. The van der Waals surface area contributed by atoms with Gasteiger partial charge in [-0.1, -0.05) is 44.2 Å². The number of H-pyrrole nitrogens is 1. The zero-order valence-electron chi connectivity index (χ0n) is 14.0. The van der Waals surface area contributed by atoms with E-state index in [9.17, 15) is 9.59 Å². The molecule has 0 aliphatic rings. The highest BCUT2D eigenvalue weighted by atomic mass is 16.5. The summed E-state index contributed by atoms with van der Waals surface area (Å²) in [6, 6.07) is 8.65. The Balaban J connectivity index is 1.91. The molecular formula is C17H22N4O3. The number of aromatic nitrogens is 2. The van der Waals surface area contributed by atoms with Crippen LogP contribution in [-0.4, -0.2) is 28.2 Å². The maximum Gasteiger partial charge on any atom is 0.408 e. The molecule has 24 heavy (non-hydrogen) atoms. The molecule has 0 fully saturated rings. The van der Waals surface area contributed by atoms with E-state index in [2.05, 4.69) is 20.8 Å². The number of hydrogen-bond acceptors (Lipinski definition) is 4. The summed E-state index contributed by atoms with van der Waals surface area (Å²) in [6.45, 7) is 5.66. The van der Waals surface area contributed by atoms with Crippen LogP contribution in [0.1, 0.15) is 25.1 Å². The number of carbonyl (C=O) groups is 2. The molecule has 0 radical (unpaired) electrons. The molecule has 2 aromatic rings. The van der Waals surface area contributed by atoms with Crippen molar-refractivity contribution in [1.82, 2.24) is 15.5 Å². The van der Waals surface area contributed by atoms with Gasteiger partial charge in [-0.25, -0.2) is 4.79 Å². The van der Waals surface area contributed by atoms with E-state index in [4.69, 9.17) is 4.74 Å². The average molecular weight is 330 g/mol. The van der Waals surface area contributed by atoms with Crippen LogP contribution in [0.25, 0.3) is 0 Å². The first kappa shape index (κ1) is 17.5. The van der Waals surface area contributed by atoms with E-state index in [0.29, 0.717) is 5.69 Å². The minimum absolute atomic E-state index is 0.0958. The largest absolute Gasteiger partial charge is 0.445 e. The van der Waals surface area contributed by atoms with Gasteiger partial charge in [0.05, 0.1) is 17.6 Å². The van der Waals surface area contributed by atoms with Gasteiger partial charge in [-0.3, -0.25) is 9.89 Å². The van der Waals surface area contributed by atoms with E-state index in [1.165, 1.54) is 6.20 Å². The molecule has 0 unspecified atom stereocenters. The second kappa shape index (κ2) is 8.14. The summed E-state index contributed by atoms with van der Waals surface area (Å²) in [4.78, 5) is 24.4. The number of benzene rings is 1. The van der Waals surface area contributed by atoms with Crippen molar-refractivity contribution >= 4 is 17.7 Å². The predicted octanol–water partition coefficient (Wildman–Crippen LogP) is 2.61. The first-order valence-electron chi connectivity index (χ1n) is 7.75. The fraction of sp³-hybridized carbons (Fsp3) is 0.353. The number of anilines is 1. The molecule has 2 amide bonds. The van der Waals surface area contributed by atoms with Crippen LogP contribution in [0.4, 0.5) is 10.5 Å². The zero-order valence-corrected chi connectivity index (χ0v) is 14.0. The fourth-order valence-corrected chi connectivity index (χ4v) is 2.11. The van der Waals surface area contributed by atoms with Gasteiger partial charge in [0.2, 0.25) is 5.91 Å². The topological polar surface area (TPSA) is 96.1 Å². The van der Waals surface area contributed by atoms with Gasteiger partial charge in [0.15, 0.2) is 0 Å². The molecule has 0 bridgehead atoms. The van der Waals surface area contributed by atoms with Crippen molar-refractivity contribution in [3.05, 3.63) is 47.8 Å². The molecule has 7 heteroatoms. The van der Waals surface area contributed by atoms with Crippen LogP contribution in [0, 0.1) is 12.8 Å². The number of nitrogens with one attached hydrogen (secondary N) is 3. The molecule has 7 nitrogen and oxygen atoms in total. The van der Waals surface area contributed by atoms with Gasteiger partial charge in [0.1, 0.15) is 12.6 Å². The number of ether oxygens (including phenoxy) is 1. The van der Waals surface area contributed by atoms with Gasteiger partial charge >= 0.3 is 6.09 Å². The highest BCUT2D eigenvalue weighted by molar-refractivity contribution is 5.97. The van der Waals surface area contributed by atoms with E-state index < -0.39 is 12.1 Å². The summed E-state index contributed by atoms with van der Waals surface area (Å²) in [5, 5.41) is 12.0. The summed E-state index contributed by atoms with van der Waals surface area (Å²) in [7, 11) is 0. The third-order valence-electron chi connectivity index (χ3n) is 3.52. The fourth-order valence-electron chi connectivity index (χ4n) is 2.11. The molecular weight excluding hydrogens is 308 g/mol. The molecule has 0 saturated heterocycles. The number of amides is 2. The highest BCUT2D eigenvalue weighted by Crippen LogP contribution is 2.12. The molecule has 1 atom stereocenters. The number of alkyl carbamates (subject to hydrolysis) is 1. The SMILES string of the molecule is Cc1[nH]ncc1NC(=O)[C@@H](NC(=O)OCc1ccccc1)C(C)C. The lowest BCUT2D eigenvalue weighted by atomic mass is 10.0. The second-order valence-electron chi connectivity index (χ2n) is 5.83. The lowest BCUT2D eigenvalue weighted by molar-refractivity contribution is -0.119. The van der Waals surface area contributed by atoms with Crippen LogP contribution in [0.2, 0.25) is 0 Å². The van der Waals surface area contributed by atoms with Crippen LogP contribution in [-0.2, 0) is 16.1 Å². The van der Waals surface area contributed by atoms with Crippen molar-refractivity contribution in [3.8, 4) is 0 Å². The number of aromatic amines is 1. The van der Waals surface area contributed by atoms with Gasteiger partial charge in [0, 0.05) is 0 Å². The highest BCUT2D eigenvalue weighted by Gasteiger charge is 2.25. The minimum atomic E-state index is -0.706. The van der Waals surface area contributed by atoms with Crippen LogP contribution in [0.15, 0.2) is 36.5 Å². The molecule has 0 aliphatic heterocycles. The van der Waals surface area contributed by atoms with Crippen molar-refractivity contribution in [2.45, 2.75) is 33.4 Å². The van der Waals surface area contributed by atoms with Gasteiger partial charge in [-0.2, -0.15) is 5.10 Å². The molecule has 0 spiro atoms. The third kappa shape index (κ3) is 4.84.